The van der Waals surface area contributed by atoms with Crippen LogP contribution in [-0.2, 0) is 6.42 Å². The summed E-state index contributed by atoms with van der Waals surface area (Å²) in [6, 6.07) is 52.9. The number of benzene rings is 6. The molecule has 3 unspecified atom stereocenters. The van der Waals surface area contributed by atoms with Crippen molar-refractivity contribution in [3.05, 3.63) is 184 Å². The second-order valence-corrected chi connectivity index (χ2v) is 14.9. The lowest BCUT2D eigenvalue weighted by Crippen LogP contribution is -2.45. The monoisotopic (exact) mass is 679 g/mol. The smallest absolute Gasteiger partial charge is 0.0517 e. The Kier molecular flexibility index (Phi) is 9.78. The minimum absolute atomic E-state index is 0.330. The third kappa shape index (κ3) is 7.61. The van der Waals surface area contributed by atoms with Gasteiger partial charge in [0.25, 0.3) is 0 Å². The number of nitrogens with zero attached hydrogens (tertiary/aromatic N) is 1. The van der Waals surface area contributed by atoms with Gasteiger partial charge in [0.2, 0.25) is 0 Å². The first-order chi connectivity index (χ1) is 25.4. The molecule has 0 radical (unpaired) electrons. The highest BCUT2D eigenvalue weighted by atomic mass is 15.2. The van der Waals surface area contributed by atoms with Gasteiger partial charge < -0.3 is 15.5 Å². The van der Waals surface area contributed by atoms with Crippen LogP contribution in [-0.4, -0.2) is 12.6 Å². The Bertz CT molecular complexity index is 2070. The van der Waals surface area contributed by atoms with E-state index in [9.17, 15) is 0 Å². The molecule has 2 N–H and O–H groups in total. The fourth-order valence-corrected chi connectivity index (χ4v) is 7.88. The number of nitrogens with one attached hydrogen (secondary N) is 2. The van der Waals surface area contributed by atoms with Crippen LogP contribution >= 0.6 is 0 Å². The van der Waals surface area contributed by atoms with E-state index in [4.69, 9.17) is 0 Å². The highest BCUT2D eigenvalue weighted by Gasteiger charge is 2.28. The maximum atomic E-state index is 3.91. The molecule has 0 bridgehead atoms. The van der Waals surface area contributed by atoms with Crippen molar-refractivity contribution >= 4 is 29.2 Å². The molecular weight excluding hydrogens is 631 g/mol. The molecule has 8 rings (SSSR count). The maximum absolute atomic E-state index is 3.91. The number of fused-ring (bicyclic) bond motifs is 1. The molecule has 3 atom stereocenters. The van der Waals surface area contributed by atoms with Gasteiger partial charge in [0, 0.05) is 35.7 Å². The van der Waals surface area contributed by atoms with Crippen LogP contribution in [0, 0.1) is 20.8 Å². The molecule has 0 amide bonds. The predicted molar refractivity (Wildman–Crippen MR) is 221 cm³/mol. The van der Waals surface area contributed by atoms with Crippen molar-refractivity contribution in [3.8, 4) is 11.1 Å². The molecule has 2 heterocycles. The Hall–Kier alpha value is -5.38. The van der Waals surface area contributed by atoms with Crippen LogP contribution in [0.5, 0.6) is 0 Å². The molecule has 260 valence electrons. The van der Waals surface area contributed by atoms with Crippen molar-refractivity contribution in [1.82, 2.24) is 5.32 Å². The third-order valence-electron chi connectivity index (χ3n) is 11.0. The third-order valence-corrected chi connectivity index (χ3v) is 11.0. The van der Waals surface area contributed by atoms with Gasteiger partial charge in [0.05, 0.1) is 6.04 Å². The fourth-order valence-electron chi connectivity index (χ4n) is 7.88. The summed E-state index contributed by atoms with van der Waals surface area (Å²) >= 11 is 0. The minimum Gasteiger partial charge on any atom is -0.378 e. The number of hydrogen-bond donors (Lipinski definition) is 2. The van der Waals surface area contributed by atoms with Crippen molar-refractivity contribution < 1.29 is 0 Å². The summed E-state index contributed by atoms with van der Waals surface area (Å²) in [5, 5.41) is 7.74. The molecule has 0 spiro atoms. The zero-order chi connectivity index (χ0) is 35.4. The quantitative estimate of drug-likeness (QED) is 0.157. The summed E-state index contributed by atoms with van der Waals surface area (Å²) in [5.74, 6) is 0. The normalized spacial score (nSPS) is 18.5. The van der Waals surface area contributed by atoms with Gasteiger partial charge in [-0.05, 0) is 122 Å². The molecule has 0 aliphatic carbocycles. The molecule has 0 saturated carbocycles. The van der Waals surface area contributed by atoms with Gasteiger partial charge in [0.15, 0.2) is 0 Å². The van der Waals surface area contributed by atoms with Crippen molar-refractivity contribution in [1.29, 1.82) is 0 Å². The van der Waals surface area contributed by atoms with E-state index in [1.54, 1.807) is 0 Å². The number of piperidine rings is 1. The van der Waals surface area contributed by atoms with Crippen molar-refractivity contribution in [2.75, 3.05) is 16.8 Å². The van der Waals surface area contributed by atoms with Crippen molar-refractivity contribution in [2.45, 2.75) is 64.6 Å². The standard InChI is InChI=1S/C49H49N3/c1-34-4-10-37(11-5-34)12-13-38-14-16-41(17-15-38)48-30-23-43-32-42(22-29-49(43)51-48)39-18-20-40(21-19-39)47-31-28-46(33-50-47)52(44-24-6-35(2)7-25-44)45-26-8-36(3)9-27-45/h4-22,24-27,29,32,46-48,50-51H,23,28,30-31,33H2,1-3H3/b13-12+. The molecule has 3 nitrogen and oxygen atoms in total. The summed E-state index contributed by atoms with van der Waals surface area (Å²) in [5.41, 5.74) is 16.8. The van der Waals surface area contributed by atoms with E-state index in [1.165, 1.54) is 72.7 Å². The van der Waals surface area contributed by atoms with E-state index in [-0.39, 0.29) is 0 Å². The average Bonchev–Trinajstić information content (AvgIpc) is 3.19. The maximum Gasteiger partial charge on any atom is 0.0517 e. The minimum atomic E-state index is 0.330. The van der Waals surface area contributed by atoms with E-state index in [1.807, 2.05) is 0 Å². The van der Waals surface area contributed by atoms with Crippen molar-refractivity contribution in [3.63, 3.8) is 0 Å². The van der Waals surface area contributed by atoms with Crippen LogP contribution < -0.4 is 15.5 Å². The second kappa shape index (κ2) is 15.1. The zero-order valence-corrected chi connectivity index (χ0v) is 30.6. The van der Waals surface area contributed by atoms with Crippen LogP contribution in [0.3, 0.4) is 0 Å². The fraction of sp³-hybridized carbons (Fsp3) is 0.224. The predicted octanol–water partition coefficient (Wildman–Crippen LogP) is 12.2. The van der Waals surface area contributed by atoms with Gasteiger partial charge >= 0.3 is 0 Å². The highest BCUT2D eigenvalue weighted by Crippen LogP contribution is 2.37. The van der Waals surface area contributed by atoms with Gasteiger partial charge in [-0.3, -0.25) is 0 Å². The number of anilines is 3. The van der Waals surface area contributed by atoms with Crippen LogP contribution in [0.2, 0.25) is 0 Å². The van der Waals surface area contributed by atoms with E-state index in [2.05, 4.69) is 188 Å². The van der Waals surface area contributed by atoms with Gasteiger partial charge in [-0.15, -0.1) is 0 Å². The van der Waals surface area contributed by atoms with Gasteiger partial charge in [-0.2, -0.15) is 0 Å². The van der Waals surface area contributed by atoms with Crippen LogP contribution in [0.25, 0.3) is 23.3 Å². The molecular formula is C49H49N3. The largest absolute Gasteiger partial charge is 0.378 e. The van der Waals surface area contributed by atoms with Gasteiger partial charge in [-0.25, -0.2) is 0 Å². The molecule has 6 aromatic rings. The lowest BCUT2D eigenvalue weighted by molar-refractivity contribution is 0.370. The van der Waals surface area contributed by atoms with E-state index < -0.39 is 0 Å². The molecule has 3 heteroatoms. The van der Waals surface area contributed by atoms with Crippen LogP contribution in [0.15, 0.2) is 140 Å². The summed E-state index contributed by atoms with van der Waals surface area (Å²) in [4.78, 5) is 2.53. The molecule has 2 aliphatic heterocycles. The number of hydrogen-bond acceptors (Lipinski definition) is 3. The molecule has 0 aromatic heterocycles. The average molecular weight is 680 g/mol. The lowest BCUT2D eigenvalue weighted by atomic mass is 9.90. The summed E-state index contributed by atoms with van der Waals surface area (Å²) in [6.45, 7) is 7.38. The van der Waals surface area contributed by atoms with Crippen LogP contribution in [0.4, 0.5) is 17.1 Å². The summed E-state index contributed by atoms with van der Waals surface area (Å²) in [6.07, 6.45) is 8.79. The molecule has 52 heavy (non-hydrogen) atoms. The van der Waals surface area contributed by atoms with E-state index in [0.29, 0.717) is 18.1 Å². The Morgan fingerprint density at radius 1 is 0.519 bits per heavy atom. The Morgan fingerprint density at radius 3 is 1.62 bits per heavy atom. The second-order valence-electron chi connectivity index (χ2n) is 14.9. The Morgan fingerprint density at radius 2 is 1.04 bits per heavy atom. The molecule has 1 fully saturated rings. The summed E-state index contributed by atoms with van der Waals surface area (Å²) < 4.78 is 0. The first-order valence-corrected chi connectivity index (χ1v) is 19.0. The zero-order valence-electron chi connectivity index (χ0n) is 30.6. The lowest BCUT2D eigenvalue weighted by Gasteiger charge is -2.39. The topological polar surface area (TPSA) is 27.3 Å². The van der Waals surface area contributed by atoms with E-state index in [0.717, 1.165) is 32.2 Å². The van der Waals surface area contributed by atoms with Gasteiger partial charge in [-0.1, -0.05) is 132 Å². The molecule has 2 aliphatic rings. The summed E-state index contributed by atoms with van der Waals surface area (Å²) in [7, 11) is 0. The van der Waals surface area contributed by atoms with Gasteiger partial charge in [0.1, 0.15) is 0 Å². The highest BCUT2D eigenvalue weighted by molar-refractivity contribution is 5.71. The Balaban J connectivity index is 0.891. The number of rotatable bonds is 8. The molecule has 1 saturated heterocycles. The first kappa shape index (κ1) is 33.7. The van der Waals surface area contributed by atoms with Crippen LogP contribution in [0.1, 0.15) is 75.9 Å². The first-order valence-electron chi connectivity index (χ1n) is 19.0. The Labute approximate surface area is 310 Å². The SMILES string of the molecule is Cc1ccc(/C=C/c2ccc(C3CCc4cc(-c5ccc(C6CCC(N(c7ccc(C)cc7)c7ccc(C)cc7)CN6)cc5)ccc4N3)cc2)cc1. The molecule has 6 aromatic carbocycles. The van der Waals surface area contributed by atoms with Crippen molar-refractivity contribution in [2.24, 2.45) is 0 Å². The number of aryl methyl sites for hydroxylation is 4. The van der Waals surface area contributed by atoms with E-state index >= 15 is 0 Å².